The van der Waals surface area contributed by atoms with Gasteiger partial charge in [-0.25, -0.2) is 13.1 Å². The van der Waals surface area contributed by atoms with E-state index in [-0.39, 0.29) is 4.90 Å². The average molecular weight is 365 g/mol. The zero-order valence-electron chi connectivity index (χ0n) is 14.7. The highest BCUT2D eigenvalue weighted by molar-refractivity contribution is 7.89. The molecule has 3 rings (SSSR count). The Morgan fingerprint density at radius 1 is 1.24 bits per heavy atom. The molecule has 1 aliphatic heterocycles. The number of methoxy groups -OCH3 is 1. The molecule has 0 amide bonds. The fourth-order valence-corrected chi connectivity index (χ4v) is 4.51. The molecule has 0 aromatic carbocycles. The second kappa shape index (κ2) is 7.11. The predicted octanol–water partition coefficient (Wildman–Crippen LogP) is 0.639. The van der Waals surface area contributed by atoms with Gasteiger partial charge in [0.15, 0.2) is 0 Å². The van der Waals surface area contributed by atoms with Gasteiger partial charge in [-0.1, -0.05) is 0 Å². The minimum absolute atomic E-state index is 0.244. The lowest BCUT2D eigenvalue weighted by molar-refractivity contribution is 0.179. The van der Waals surface area contributed by atoms with Crippen LogP contribution in [0.15, 0.2) is 29.4 Å². The van der Waals surface area contributed by atoms with Gasteiger partial charge in [-0.05, 0) is 19.1 Å². The van der Waals surface area contributed by atoms with Gasteiger partial charge in [0, 0.05) is 52.2 Å². The maximum Gasteiger partial charge on any atom is 0.244 e. The number of aryl methyl sites for hydroxylation is 2. The van der Waals surface area contributed by atoms with Gasteiger partial charge < -0.3 is 4.74 Å². The third-order valence-corrected chi connectivity index (χ3v) is 6.35. The smallest absolute Gasteiger partial charge is 0.244 e. The summed E-state index contributed by atoms with van der Waals surface area (Å²) in [6.07, 6.45) is 2.96. The zero-order valence-corrected chi connectivity index (χ0v) is 15.5. The Balaban J connectivity index is 1.67. The summed E-state index contributed by atoms with van der Waals surface area (Å²) in [6.45, 7) is 4.90. The predicted molar refractivity (Wildman–Crippen MR) is 92.8 cm³/mol. The van der Waals surface area contributed by atoms with Gasteiger partial charge in [0.05, 0.1) is 18.4 Å². The SMILES string of the molecule is COc1c(CN2CCN(S(=O)(=O)c3cccnc3)CC2)c(C)nn1C. The quantitative estimate of drug-likeness (QED) is 0.774. The Morgan fingerprint density at radius 2 is 1.96 bits per heavy atom. The molecule has 136 valence electrons. The first kappa shape index (κ1) is 17.8. The van der Waals surface area contributed by atoms with E-state index < -0.39 is 10.0 Å². The molecule has 0 N–H and O–H groups in total. The van der Waals surface area contributed by atoms with Crippen molar-refractivity contribution in [3.05, 3.63) is 35.8 Å². The minimum atomic E-state index is -3.47. The second-order valence-corrected chi connectivity index (χ2v) is 8.00. The number of ether oxygens (including phenoxy) is 1. The summed E-state index contributed by atoms with van der Waals surface area (Å²) in [4.78, 5) is 6.38. The van der Waals surface area contributed by atoms with Gasteiger partial charge >= 0.3 is 0 Å². The van der Waals surface area contributed by atoms with Crippen LogP contribution in [-0.4, -0.2) is 65.7 Å². The Hall–Kier alpha value is -1.97. The molecule has 0 atom stereocenters. The molecule has 1 fully saturated rings. The van der Waals surface area contributed by atoms with Crippen LogP contribution in [0, 0.1) is 6.92 Å². The summed E-state index contributed by atoms with van der Waals surface area (Å²) < 4.78 is 34.0. The third kappa shape index (κ3) is 3.53. The van der Waals surface area contributed by atoms with Crippen molar-refractivity contribution in [3.63, 3.8) is 0 Å². The lowest BCUT2D eigenvalue weighted by atomic mass is 10.2. The largest absolute Gasteiger partial charge is 0.481 e. The van der Waals surface area contributed by atoms with Gasteiger partial charge in [0.2, 0.25) is 15.9 Å². The maximum atomic E-state index is 12.6. The summed E-state index contributed by atoms with van der Waals surface area (Å²) in [7, 11) is 0.0200. The zero-order chi connectivity index (χ0) is 18.0. The van der Waals surface area contributed by atoms with Crippen LogP contribution in [0.1, 0.15) is 11.3 Å². The molecule has 1 saturated heterocycles. The first-order valence-electron chi connectivity index (χ1n) is 8.12. The van der Waals surface area contributed by atoms with Crippen molar-refractivity contribution in [3.8, 4) is 5.88 Å². The van der Waals surface area contributed by atoms with Crippen molar-refractivity contribution < 1.29 is 13.2 Å². The van der Waals surface area contributed by atoms with Crippen molar-refractivity contribution >= 4 is 10.0 Å². The van der Waals surface area contributed by atoms with Crippen molar-refractivity contribution in [1.82, 2.24) is 24.0 Å². The van der Waals surface area contributed by atoms with E-state index in [0.717, 1.165) is 17.1 Å². The second-order valence-electron chi connectivity index (χ2n) is 6.07. The van der Waals surface area contributed by atoms with Crippen LogP contribution in [0.25, 0.3) is 0 Å². The molecule has 0 spiro atoms. The number of hydrogen-bond donors (Lipinski definition) is 0. The topological polar surface area (TPSA) is 80.6 Å². The van der Waals surface area contributed by atoms with Crippen molar-refractivity contribution in [2.45, 2.75) is 18.4 Å². The van der Waals surface area contributed by atoms with E-state index in [2.05, 4.69) is 15.0 Å². The average Bonchev–Trinajstić information content (AvgIpc) is 2.89. The molecule has 0 radical (unpaired) electrons. The van der Waals surface area contributed by atoms with Crippen LogP contribution in [0.5, 0.6) is 5.88 Å². The molecule has 0 aliphatic carbocycles. The normalized spacial score (nSPS) is 16.9. The van der Waals surface area contributed by atoms with E-state index >= 15 is 0 Å². The number of pyridine rings is 1. The summed E-state index contributed by atoms with van der Waals surface area (Å²) in [5.74, 6) is 0.753. The van der Waals surface area contributed by atoms with Crippen LogP contribution in [0.2, 0.25) is 0 Å². The van der Waals surface area contributed by atoms with Gasteiger partial charge in [0.1, 0.15) is 4.90 Å². The fourth-order valence-electron chi connectivity index (χ4n) is 3.12. The van der Waals surface area contributed by atoms with Gasteiger partial charge in [0.25, 0.3) is 0 Å². The Morgan fingerprint density at radius 3 is 2.56 bits per heavy atom. The van der Waals surface area contributed by atoms with Crippen LogP contribution in [0.4, 0.5) is 0 Å². The molecular formula is C16H23N5O3S. The van der Waals surface area contributed by atoms with Crippen molar-refractivity contribution in [2.24, 2.45) is 7.05 Å². The summed E-state index contributed by atoms with van der Waals surface area (Å²) in [6, 6.07) is 3.22. The number of piperazine rings is 1. The number of aromatic nitrogens is 3. The number of hydrogen-bond acceptors (Lipinski definition) is 6. The number of rotatable bonds is 5. The molecule has 9 heteroatoms. The van der Waals surface area contributed by atoms with E-state index in [9.17, 15) is 8.42 Å². The molecular weight excluding hydrogens is 342 g/mol. The molecule has 2 aromatic rings. The molecule has 0 unspecified atom stereocenters. The monoisotopic (exact) mass is 365 g/mol. The molecule has 25 heavy (non-hydrogen) atoms. The summed E-state index contributed by atoms with van der Waals surface area (Å²) in [5.41, 5.74) is 1.98. The highest BCUT2D eigenvalue weighted by Crippen LogP contribution is 2.24. The van der Waals surface area contributed by atoms with Gasteiger partial charge in [-0.15, -0.1) is 0 Å². The van der Waals surface area contributed by atoms with Crippen LogP contribution in [0.3, 0.4) is 0 Å². The third-order valence-electron chi connectivity index (χ3n) is 4.47. The molecule has 0 saturated carbocycles. The van der Waals surface area contributed by atoms with E-state index in [1.165, 1.54) is 10.5 Å². The van der Waals surface area contributed by atoms with E-state index in [0.29, 0.717) is 32.7 Å². The van der Waals surface area contributed by atoms with Crippen LogP contribution >= 0.6 is 0 Å². The Labute approximate surface area is 148 Å². The van der Waals surface area contributed by atoms with Gasteiger partial charge in [-0.2, -0.15) is 9.40 Å². The highest BCUT2D eigenvalue weighted by atomic mass is 32.2. The van der Waals surface area contributed by atoms with Crippen molar-refractivity contribution in [1.29, 1.82) is 0 Å². The maximum absolute atomic E-state index is 12.6. The highest BCUT2D eigenvalue weighted by Gasteiger charge is 2.29. The first-order valence-corrected chi connectivity index (χ1v) is 9.56. The van der Waals surface area contributed by atoms with E-state index in [1.807, 2.05) is 14.0 Å². The minimum Gasteiger partial charge on any atom is -0.481 e. The van der Waals surface area contributed by atoms with E-state index in [1.54, 1.807) is 30.1 Å². The van der Waals surface area contributed by atoms with Crippen molar-refractivity contribution in [2.75, 3.05) is 33.3 Å². The number of nitrogens with zero attached hydrogens (tertiary/aromatic N) is 5. The molecule has 2 aromatic heterocycles. The van der Waals surface area contributed by atoms with Crippen LogP contribution < -0.4 is 4.74 Å². The lowest BCUT2D eigenvalue weighted by Crippen LogP contribution is -2.48. The van der Waals surface area contributed by atoms with Gasteiger partial charge in [-0.3, -0.25) is 9.88 Å². The molecule has 0 bridgehead atoms. The van der Waals surface area contributed by atoms with E-state index in [4.69, 9.17) is 4.74 Å². The molecule has 1 aliphatic rings. The van der Waals surface area contributed by atoms with Crippen LogP contribution in [-0.2, 0) is 23.6 Å². The standard InChI is InChI=1S/C16H23N5O3S/c1-13-15(16(24-3)19(2)18-13)12-20-7-9-21(10-8-20)25(22,23)14-5-4-6-17-11-14/h4-6,11H,7-10,12H2,1-3H3. The Kier molecular flexibility index (Phi) is 5.07. The lowest BCUT2D eigenvalue weighted by Gasteiger charge is -2.33. The first-order chi connectivity index (χ1) is 11.9. The molecule has 3 heterocycles. The fraction of sp³-hybridized carbons (Fsp3) is 0.500. The Bertz CT molecular complexity index is 827. The summed E-state index contributed by atoms with van der Waals surface area (Å²) in [5, 5.41) is 4.39. The number of sulfonamides is 1. The summed E-state index contributed by atoms with van der Waals surface area (Å²) >= 11 is 0. The molecule has 8 nitrogen and oxygen atoms in total.